The second-order valence-electron chi connectivity index (χ2n) is 4.64. The van der Waals surface area contributed by atoms with Crippen molar-refractivity contribution in [3.8, 4) is 0 Å². The molecule has 2 amide bonds. The lowest BCUT2D eigenvalue weighted by atomic mass is 10.2. The van der Waals surface area contributed by atoms with Crippen LogP contribution >= 0.6 is 0 Å². The lowest BCUT2D eigenvalue weighted by Gasteiger charge is -2.16. The van der Waals surface area contributed by atoms with Gasteiger partial charge in [-0.3, -0.25) is 9.59 Å². The number of nitrogens with zero attached hydrogens (tertiary/aromatic N) is 1. The SMILES string of the molecule is NCCCC(=O)NC1CC(=O)N(C2CC2)C1. The van der Waals surface area contributed by atoms with E-state index in [1.54, 1.807) is 0 Å². The van der Waals surface area contributed by atoms with Crippen molar-refractivity contribution in [1.82, 2.24) is 10.2 Å². The van der Waals surface area contributed by atoms with Gasteiger partial charge in [0.25, 0.3) is 0 Å². The summed E-state index contributed by atoms with van der Waals surface area (Å²) in [7, 11) is 0. The number of carbonyl (C=O) groups excluding carboxylic acids is 2. The van der Waals surface area contributed by atoms with Gasteiger partial charge in [-0.25, -0.2) is 0 Å². The van der Waals surface area contributed by atoms with Crippen molar-refractivity contribution in [3.63, 3.8) is 0 Å². The molecule has 5 heteroatoms. The summed E-state index contributed by atoms with van der Waals surface area (Å²) >= 11 is 0. The molecule has 2 rings (SSSR count). The van der Waals surface area contributed by atoms with Crippen LogP contribution in [0.25, 0.3) is 0 Å². The molecule has 0 aromatic rings. The van der Waals surface area contributed by atoms with Gasteiger partial charge in [0.2, 0.25) is 11.8 Å². The molecule has 2 fully saturated rings. The third-order valence-electron chi connectivity index (χ3n) is 3.12. The zero-order chi connectivity index (χ0) is 11.5. The van der Waals surface area contributed by atoms with Crippen molar-refractivity contribution in [3.05, 3.63) is 0 Å². The van der Waals surface area contributed by atoms with E-state index in [0.717, 1.165) is 12.8 Å². The van der Waals surface area contributed by atoms with Crippen molar-refractivity contribution < 1.29 is 9.59 Å². The van der Waals surface area contributed by atoms with Crippen LogP contribution in [0.2, 0.25) is 0 Å². The maximum absolute atomic E-state index is 11.6. The van der Waals surface area contributed by atoms with E-state index >= 15 is 0 Å². The van der Waals surface area contributed by atoms with Gasteiger partial charge in [-0.15, -0.1) is 0 Å². The Morgan fingerprint density at radius 1 is 1.50 bits per heavy atom. The van der Waals surface area contributed by atoms with Gasteiger partial charge in [-0.05, 0) is 25.8 Å². The van der Waals surface area contributed by atoms with E-state index in [-0.39, 0.29) is 17.9 Å². The lowest BCUT2D eigenvalue weighted by molar-refractivity contribution is -0.128. The second kappa shape index (κ2) is 4.82. The van der Waals surface area contributed by atoms with Crippen LogP contribution in [-0.4, -0.2) is 41.9 Å². The molecule has 0 aromatic heterocycles. The molecule has 2 aliphatic rings. The fourth-order valence-electron chi connectivity index (χ4n) is 2.13. The number of hydrogen-bond donors (Lipinski definition) is 2. The van der Waals surface area contributed by atoms with Crippen molar-refractivity contribution in [2.45, 2.75) is 44.2 Å². The van der Waals surface area contributed by atoms with E-state index in [9.17, 15) is 9.59 Å². The van der Waals surface area contributed by atoms with Crippen LogP contribution in [0, 0.1) is 0 Å². The van der Waals surface area contributed by atoms with Crippen LogP contribution in [0.15, 0.2) is 0 Å². The Morgan fingerprint density at radius 3 is 2.88 bits per heavy atom. The highest BCUT2D eigenvalue weighted by Gasteiger charge is 2.39. The Labute approximate surface area is 95.3 Å². The molecular formula is C11H19N3O2. The summed E-state index contributed by atoms with van der Waals surface area (Å²) in [6.45, 7) is 1.23. The highest BCUT2D eigenvalue weighted by atomic mass is 16.2. The topological polar surface area (TPSA) is 75.4 Å². The molecular weight excluding hydrogens is 206 g/mol. The van der Waals surface area contributed by atoms with Crippen LogP contribution in [0.1, 0.15) is 32.1 Å². The van der Waals surface area contributed by atoms with E-state index in [4.69, 9.17) is 5.73 Å². The Bertz CT molecular complexity index is 289. The minimum atomic E-state index is 0.0124. The quantitative estimate of drug-likeness (QED) is 0.669. The highest BCUT2D eigenvalue weighted by Crippen LogP contribution is 2.30. The third kappa shape index (κ3) is 2.72. The molecule has 16 heavy (non-hydrogen) atoms. The molecule has 1 aliphatic heterocycles. The first-order valence-electron chi connectivity index (χ1n) is 5.99. The molecule has 0 bridgehead atoms. The van der Waals surface area contributed by atoms with Gasteiger partial charge in [-0.2, -0.15) is 0 Å². The molecule has 1 saturated heterocycles. The summed E-state index contributed by atoms with van der Waals surface area (Å²) < 4.78 is 0. The van der Waals surface area contributed by atoms with Gasteiger partial charge in [0.15, 0.2) is 0 Å². The molecule has 1 unspecified atom stereocenters. The average molecular weight is 225 g/mol. The van der Waals surface area contributed by atoms with Crippen LogP contribution in [0.3, 0.4) is 0 Å². The van der Waals surface area contributed by atoms with Crippen LogP contribution in [0.5, 0.6) is 0 Å². The Kier molecular flexibility index (Phi) is 3.43. The van der Waals surface area contributed by atoms with Gasteiger partial charge in [0, 0.05) is 25.4 Å². The maximum Gasteiger partial charge on any atom is 0.225 e. The number of rotatable bonds is 5. The zero-order valence-corrected chi connectivity index (χ0v) is 9.45. The first-order valence-corrected chi connectivity index (χ1v) is 5.99. The number of carbonyl (C=O) groups is 2. The van der Waals surface area contributed by atoms with Gasteiger partial charge in [-0.1, -0.05) is 0 Å². The lowest BCUT2D eigenvalue weighted by Crippen LogP contribution is -2.37. The molecule has 1 atom stereocenters. The number of likely N-dealkylation sites (tertiary alicyclic amines) is 1. The molecule has 1 saturated carbocycles. The molecule has 90 valence electrons. The summed E-state index contributed by atoms with van der Waals surface area (Å²) in [5.41, 5.74) is 5.33. The summed E-state index contributed by atoms with van der Waals surface area (Å²) in [5.74, 6) is 0.201. The molecule has 1 heterocycles. The fraction of sp³-hybridized carbons (Fsp3) is 0.818. The van der Waals surface area contributed by atoms with Gasteiger partial charge in [0.1, 0.15) is 0 Å². The van der Waals surface area contributed by atoms with E-state index in [0.29, 0.717) is 38.4 Å². The summed E-state index contributed by atoms with van der Waals surface area (Å²) in [5, 5.41) is 2.90. The van der Waals surface area contributed by atoms with Crippen molar-refractivity contribution >= 4 is 11.8 Å². The number of hydrogen-bond acceptors (Lipinski definition) is 3. The third-order valence-corrected chi connectivity index (χ3v) is 3.12. The summed E-state index contributed by atoms with van der Waals surface area (Å²) in [4.78, 5) is 25.0. The van der Waals surface area contributed by atoms with E-state index < -0.39 is 0 Å². The Morgan fingerprint density at radius 2 is 2.25 bits per heavy atom. The molecule has 3 N–H and O–H groups in total. The smallest absolute Gasteiger partial charge is 0.225 e. The largest absolute Gasteiger partial charge is 0.351 e. The summed E-state index contributed by atoms with van der Waals surface area (Å²) in [6.07, 6.45) is 3.88. The maximum atomic E-state index is 11.6. The molecule has 1 aliphatic carbocycles. The fourth-order valence-corrected chi connectivity index (χ4v) is 2.13. The van der Waals surface area contributed by atoms with E-state index in [2.05, 4.69) is 5.32 Å². The highest BCUT2D eigenvalue weighted by molar-refractivity contribution is 5.82. The van der Waals surface area contributed by atoms with Crippen LogP contribution < -0.4 is 11.1 Å². The molecule has 0 radical (unpaired) electrons. The Balaban J connectivity index is 1.75. The summed E-state index contributed by atoms with van der Waals surface area (Å²) in [6, 6.07) is 0.469. The van der Waals surface area contributed by atoms with Crippen LogP contribution in [-0.2, 0) is 9.59 Å². The van der Waals surface area contributed by atoms with Crippen LogP contribution in [0.4, 0.5) is 0 Å². The molecule has 0 spiro atoms. The first kappa shape index (κ1) is 11.4. The second-order valence-corrected chi connectivity index (χ2v) is 4.64. The minimum Gasteiger partial charge on any atom is -0.351 e. The van der Waals surface area contributed by atoms with Crippen molar-refractivity contribution in [2.75, 3.05) is 13.1 Å². The minimum absolute atomic E-state index is 0.0124. The van der Waals surface area contributed by atoms with Gasteiger partial charge in [0.05, 0.1) is 6.04 Å². The molecule has 0 aromatic carbocycles. The number of nitrogens with one attached hydrogen (secondary N) is 1. The standard InChI is InChI=1S/C11H19N3O2/c12-5-1-2-10(15)13-8-6-11(16)14(7-8)9-3-4-9/h8-9H,1-7,12H2,(H,13,15). The monoisotopic (exact) mass is 225 g/mol. The van der Waals surface area contributed by atoms with Gasteiger partial charge >= 0.3 is 0 Å². The Hall–Kier alpha value is -1.10. The first-order chi connectivity index (χ1) is 7.70. The van der Waals surface area contributed by atoms with E-state index in [1.807, 2.05) is 4.90 Å². The predicted molar refractivity (Wildman–Crippen MR) is 59.6 cm³/mol. The van der Waals surface area contributed by atoms with Gasteiger partial charge < -0.3 is 16.0 Å². The van der Waals surface area contributed by atoms with Crippen molar-refractivity contribution in [1.29, 1.82) is 0 Å². The zero-order valence-electron chi connectivity index (χ0n) is 9.45. The predicted octanol–water partition coefficient (Wildman–Crippen LogP) is -0.395. The molecule has 5 nitrogen and oxygen atoms in total. The van der Waals surface area contributed by atoms with Crippen molar-refractivity contribution in [2.24, 2.45) is 5.73 Å². The number of nitrogens with two attached hydrogens (primary N) is 1. The number of amides is 2. The van der Waals surface area contributed by atoms with E-state index in [1.165, 1.54) is 0 Å². The normalized spacial score (nSPS) is 24.9. The average Bonchev–Trinajstić information content (AvgIpc) is 3.01.